The molecule has 0 radical (unpaired) electrons. The Morgan fingerprint density at radius 3 is 2.76 bits per heavy atom. The monoisotopic (exact) mass is 230 g/mol. The Labute approximate surface area is 102 Å². The fourth-order valence-electron chi connectivity index (χ4n) is 1.66. The van der Waals surface area contributed by atoms with Crippen LogP contribution in [0.1, 0.15) is 20.8 Å². The Morgan fingerprint density at radius 1 is 1.29 bits per heavy atom. The molecule has 1 aromatic heterocycles. The number of aliphatic hydroxyl groups is 1. The number of rotatable bonds is 3. The SMILES string of the molecule is CC(Nc1cccc2cnccc12)C(C)(C)O. The third-order valence-corrected chi connectivity index (χ3v) is 3.11. The second kappa shape index (κ2) is 4.34. The molecule has 3 heteroatoms. The predicted octanol–water partition coefficient (Wildman–Crippen LogP) is 2.81. The Kier molecular flexibility index (Phi) is 3.03. The average Bonchev–Trinajstić information content (AvgIpc) is 2.28. The number of nitrogens with zero attached hydrogens (tertiary/aromatic N) is 1. The van der Waals surface area contributed by atoms with E-state index in [-0.39, 0.29) is 6.04 Å². The van der Waals surface area contributed by atoms with E-state index in [2.05, 4.69) is 10.3 Å². The Hall–Kier alpha value is -1.61. The second-order valence-corrected chi connectivity index (χ2v) is 4.92. The molecule has 1 atom stereocenters. The first-order valence-electron chi connectivity index (χ1n) is 5.80. The molecule has 2 rings (SSSR count). The van der Waals surface area contributed by atoms with Gasteiger partial charge in [0, 0.05) is 28.9 Å². The van der Waals surface area contributed by atoms with Crippen molar-refractivity contribution in [2.45, 2.75) is 32.4 Å². The number of aromatic nitrogens is 1. The molecule has 0 saturated heterocycles. The highest BCUT2D eigenvalue weighted by molar-refractivity contribution is 5.93. The van der Waals surface area contributed by atoms with Crippen molar-refractivity contribution in [2.24, 2.45) is 0 Å². The van der Waals surface area contributed by atoms with Crippen molar-refractivity contribution in [3.8, 4) is 0 Å². The van der Waals surface area contributed by atoms with Gasteiger partial charge in [0.15, 0.2) is 0 Å². The van der Waals surface area contributed by atoms with E-state index in [9.17, 15) is 5.11 Å². The Bertz CT molecular complexity index is 512. The number of pyridine rings is 1. The molecule has 1 heterocycles. The predicted molar refractivity (Wildman–Crippen MR) is 71.1 cm³/mol. The largest absolute Gasteiger partial charge is 0.388 e. The standard InChI is InChI=1S/C14H18N2O/c1-10(14(2,3)17)16-13-6-4-5-11-9-15-8-7-12(11)13/h4-10,16-17H,1-3H3. The maximum absolute atomic E-state index is 9.94. The molecule has 2 aromatic rings. The third kappa shape index (κ3) is 2.56. The maximum atomic E-state index is 9.94. The van der Waals surface area contributed by atoms with Gasteiger partial charge in [0.05, 0.1) is 11.6 Å². The number of fused-ring (bicyclic) bond motifs is 1. The third-order valence-electron chi connectivity index (χ3n) is 3.11. The van der Waals surface area contributed by atoms with E-state index < -0.39 is 5.60 Å². The van der Waals surface area contributed by atoms with Crippen molar-refractivity contribution >= 4 is 16.5 Å². The summed E-state index contributed by atoms with van der Waals surface area (Å²) in [5.74, 6) is 0. The lowest BCUT2D eigenvalue weighted by molar-refractivity contribution is 0.0649. The minimum Gasteiger partial charge on any atom is -0.388 e. The van der Waals surface area contributed by atoms with Gasteiger partial charge in [-0.3, -0.25) is 4.98 Å². The van der Waals surface area contributed by atoms with Gasteiger partial charge < -0.3 is 10.4 Å². The van der Waals surface area contributed by atoms with Crippen LogP contribution >= 0.6 is 0 Å². The van der Waals surface area contributed by atoms with Crippen molar-refractivity contribution in [1.29, 1.82) is 0 Å². The van der Waals surface area contributed by atoms with Crippen LogP contribution in [0.2, 0.25) is 0 Å². The van der Waals surface area contributed by atoms with Crippen LogP contribution in [0.3, 0.4) is 0 Å². The second-order valence-electron chi connectivity index (χ2n) is 4.92. The van der Waals surface area contributed by atoms with Gasteiger partial charge in [-0.05, 0) is 32.9 Å². The summed E-state index contributed by atoms with van der Waals surface area (Å²) in [5.41, 5.74) is 0.273. The fraction of sp³-hybridized carbons (Fsp3) is 0.357. The first-order chi connectivity index (χ1) is 7.98. The Balaban J connectivity index is 2.36. The van der Waals surface area contributed by atoms with Crippen LogP contribution in [0.25, 0.3) is 10.8 Å². The molecule has 1 unspecified atom stereocenters. The molecule has 0 aliphatic carbocycles. The summed E-state index contributed by atoms with van der Waals surface area (Å²) < 4.78 is 0. The Morgan fingerprint density at radius 2 is 2.06 bits per heavy atom. The summed E-state index contributed by atoms with van der Waals surface area (Å²) in [6.45, 7) is 5.58. The quantitative estimate of drug-likeness (QED) is 0.852. The summed E-state index contributed by atoms with van der Waals surface area (Å²) in [6, 6.07) is 7.99. The van der Waals surface area contributed by atoms with Crippen LogP contribution in [0.5, 0.6) is 0 Å². The highest BCUT2D eigenvalue weighted by atomic mass is 16.3. The van der Waals surface area contributed by atoms with Gasteiger partial charge in [-0.15, -0.1) is 0 Å². The zero-order chi connectivity index (χ0) is 12.5. The number of benzene rings is 1. The van der Waals surface area contributed by atoms with Gasteiger partial charge in [-0.2, -0.15) is 0 Å². The van der Waals surface area contributed by atoms with Gasteiger partial charge in [-0.25, -0.2) is 0 Å². The summed E-state index contributed by atoms with van der Waals surface area (Å²) in [7, 11) is 0. The lowest BCUT2D eigenvalue weighted by Gasteiger charge is -2.28. The van der Waals surface area contributed by atoms with Crippen molar-refractivity contribution in [3.63, 3.8) is 0 Å². The maximum Gasteiger partial charge on any atom is 0.0789 e. The molecule has 2 N–H and O–H groups in total. The van der Waals surface area contributed by atoms with Crippen LogP contribution in [0.4, 0.5) is 5.69 Å². The molecule has 0 aliphatic rings. The molecule has 0 saturated carbocycles. The van der Waals surface area contributed by atoms with Crippen molar-refractivity contribution < 1.29 is 5.11 Å². The van der Waals surface area contributed by atoms with Gasteiger partial charge in [0.2, 0.25) is 0 Å². The first-order valence-corrected chi connectivity index (χ1v) is 5.80. The van der Waals surface area contributed by atoms with Crippen LogP contribution in [-0.2, 0) is 0 Å². The highest BCUT2D eigenvalue weighted by Crippen LogP contribution is 2.24. The molecule has 0 bridgehead atoms. The molecule has 17 heavy (non-hydrogen) atoms. The summed E-state index contributed by atoms with van der Waals surface area (Å²) in [6.07, 6.45) is 3.62. The van der Waals surface area contributed by atoms with E-state index >= 15 is 0 Å². The number of hydrogen-bond donors (Lipinski definition) is 2. The van der Waals surface area contributed by atoms with Gasteiger partial charge >= 0.3 is 0 Å². The molecule has 0 fully saturated rings. The lowest BCUT2D eigenvalue weighted by Crippen LogP contribution is -2.39. The van der Waals surface area contributed by atoms with Crippen molar-refractivity contribution in [2.75, 3.05) is 5.32 Å². The minimum absolute atomic E-state index is 0.0266. The highest BCUT2D eigenvalue weighted by Gasteiger charge is 2.22. The van der Waals surface area contributed by atoms with E-state index in [1.165, 1.54) is 0 Å². The van der Waals surface area contributed by atoms with E-state index in [0.717, 1.165) is 16.5 Å². The van der Waals surface area contributed by atoms with Gasteiger partial charge in [0.1, 0.15) is 0 Å². The number of anilines is 1. The molecule has 90 valence electrons. The van der Waals surface area contributed by atoms with Crippen LogP contribution in [0, 0.1) is 0 Å². The summed E-state index contributed by atoms with van der Waals surface area (Å²) >= 11 is 0. The summed E-state index contributed by atoms with van der Waals surface area (Å²) in [5, 5.41) is 15.5. The normalized spacial score (nSPS) is 13.6. The molecule has 0 aliphatic heterocycles. The molecule has 3 nitrogen and oxygen atoms in total. The average molecular weight is 230 g/mol. The molecular weight excluding hydrogens is 212 g/mol. The smallest absolute Gasteiger partial charge is 0.0789 e. The van der Waals surface area contributed by atoms with E-state index in [0.29, 0.717) is 0 Å². The topological polar surface area (TPSA) is 45.2 Å². The molecule has 0 amide bonds. The van der Waals surface area contributed by atoms with Crippen LogP contribution in [0.15, 0.2) is 36.7 Å². The van der Waals surface area contributed by atoms with Crippen LogP contribution in [-0.4, -0.2) is 21.7 Å². The molecule has 0 spiro atoms. The van der Waals surface area contributed by atoms with Crippen LogP contribution < -0.4 is 5.32 Å². The van der Waals surface area contributed by atoms with E-state index in [1.54, 1.807) is 20.0 Å². The summed E-state index contributed by atoms with van der Waals surface area (Å²) in [4.78, 5) is 4.10. The van der Waals surface area contributed by atoms with Gasteiger partial charge in [-0.1, -0.05) is 12.1 Å². The molecular formula is C14H18N2O. The van der Waals surface area contributed by atoms with E-state index in [4.69, 9.17) is 0 Å². The van der Waals surface area contributed by atoms with Crippen molar-refractivity contribution in [1.82, 2.24) is 4.98 Å². The lowest BCUT2D eigenvalue weighted by atomic mass is 10.00. The number of nitrogens with one attached hydrogen (secondary N) is 1. The molecule has 1 aromatic carbocycles. The zero-order valence-electron chi connectivity index (χ0n) is 10.4. The van der Waals surface area contributed by atoms with Crippen molar-refractivity contribution in [3.05, 3.63) is 36.7 Å². The zero-order valence-corrected chi connectivity index (χ0v) is 10.4. The fourth-order valence-corrected chi connectivity index (χ4v) is 1.66. The van der Waals surface area contributed by atoms with E-state index in [1.807, 2.05) is 37.4 Å². The number of hydrogen-bond acceptors (Lipinski definition) is 3. The van der Waals surface area contributed by atoms with Gasteiger partial charge in [0.25, 0.3) is 0 Å². The minimum atomic E-state index is -0.755. The first kappa shape index (κ1) is 11.9.